The lowest BCUT2D eigenvalue weighted by molar-refractivity contribution is 0.0527. The standard InChI is InChI=1S/C26H26N2O3/c1-3-31-25(29)22-10-6-7-11-23(22)27-26(30)28-17-16-19-8-4-5-9-21(19)24(28)20-14-12-18(2)13-15-20/h4-15,24H,3,16-17H2,1-2H3,(H,27,30)/t24-/m1/s1. The van der Waals surface area contributed by atoms with Gasteiger partial charge in [0.1, 0.15) is 0 Å². The number of esters is 1. The molecule has 0 unspecified atom stereocenters. The summed E-state index contributed by atoms with van der Waals surface area (Å²) in [6, 6.07) is 23.1. The van der Waals surface area contributed by atoms with E-state index >= 15 is 0 Å². The van der Waals surface area contributed by atoms with Gasteiger partial charge in [-0.25, -0.2) is 9.59 Å². The van der Waals surface area contributed by atoms with Crippen molar-refractivity contribution in [1.29, 1.82) is 0 Å². The maximum atomic E-state index is 13.4. The number of para-hydroxylation sites is 1. The number of aryl methyl sites for hydroxylation is 1. The van der Waals surface area contributed by atoms with Gasteiger partial charge in [0.25, 0.3) is 0 Å². The van der Waals surface area contributed by atoms with E-state index in [1.54, 1.807) is 31.2 Å². The van der Waals surface area contributed by atoms with Crippen LogP contribution in [0, 0.1) is 6.92 Å². The van der Waals surface area contributed by atoms with E-state index in [0.29, 0.717) is 17.8 Å². The highest BCUT2D eigenvalue weighted by molar-refractivity contribution is 6.01. The Morgan fingerprint density at radius 1 is 1.00 bits per heavy atom. The van der Waals surface area contributed by atoms with Gasteiger partial charge in [-0.3, -0.25) is 0 Å². The number of benzene rings is 3. The van der Waals surface area contributed by atoms with Crippen molar-refractivity contribution in [3.63, 3.8) is 0 Å². The zero-order valence-electron chi connectivity index (χ0n) is 17.8. The monoisotopic (exact) mass is 414 g/mol. The number of urea groups is 1. The first-order valence-corrected chi connectivity index (χ1v) is 10.6. The summed E-state index contributed by atoms with van der Waals surface area (Å²) in [5.41, 5.74) is 5.42. The fraction of sp³-hybridized carbons (Fsp3) is 0.231. The molecule has 0 spiro atoms. The van der Waals surface area contributed by atoms with E-state index in [1.807, 2.05) is 17.0 Å². The van der Waals surface area contributed by atoms with E-state index in [2.05, 4.69) is 48.6 Å². The molecule has 0 saturated heterocycles. The highest BCUT2D eigenvalue weighted by Gasteiger charge is 2.32. The smallest absolute Gasteiger partial charge is 0.340 e. The average molecular weight is 415 g/mol. The van der Waals surface area contributed by atoms with Crippen LogP contribution < -0.4 is 5.32 Å². The van der Waals surface area contributed by atoms with E-state index in [4.69, 9.17) is 4.74 Å². The van der Waals surface area contributed by atoms with Crippen LogP contribution in [0.3, 0.4) is 0 Å². The van der Waals surface area contributed by atoms with Crippen molar-refractivity contribution in [2.24, 2.45) is 0 Å². The molecular formula is C26H26N2O3. The van der Waals surface area contributed by atoms with Crippen LogP contribution in [-0.2, 0) is 11.2 Å². The Bertz CT molecular complexity index is 1090. The summed E-state index contributed by atoms with van der Waals surface area (Å²) in [4.78, 5) is 27.6. The molecule has 1 N–H and O–H groups in total. The van der Waals surface area contributed by atoms with E-state index in [0.717, 1.165) is 17.5 Å². The molecule has 0 aromatic heterocycles. The van der Waals surface area contributed by atoms with Gasteiger partial charge in [-0.15, -0.1) is 0 Å². The second kappa shape index (κ2) is 9.04. The van der Waals surface area contributed by atoms with Crippen LogP contribution in [0.15, 0.2) is 72.8 Å². The van der Waals surface area contributed by atoms with E-state index in [-0.39, 0.29) is 18.7 Å². The van der Waals surface area contributed by atoms with Crippen molar-refractivity contribution >= 4 is 17.7 Å². The van der Waals surface area contributed by atoms with Crippen molar-refractivity contribution in [3.8, 4) is 0 Å². The molecule has 1 aliphatic rings. The predicted molar refractivity (Wildman–Crippen MR) is 121 cm³/mol. The summed E-state index contributed by atoms with van der Waals surface area (Å²) < 4.78 is 5.14. The molecule has 0 fully saturated rings. The molecule has 0 aliphatic carbocycles. The maximum Gasteiger partial charge on any atom is 0.340 e. The molecule has 0 radical (unpaired) electrons. The molecule has 0 saturated carbocycles. The van der Waals surface area contributed by atoms with E-state index in [9.17, 15) is 9.59 Å². The highest BCUT2D eigenvalue weighted by Crippen LogP contribution is 2.35. The predicted octanol–water partition coefficient (Wildman–Crippen LogP) is 5.35. The van der Waals surface area contributed by atoms with Crippen molar-refractivity contribution < 1.29 is 14.3 Å². The van der Waals surface area contributed by atoms with Crippen molar-refractivity contribution in [1.82, 2.24) is 4.90 Å². The minimum Gasteiger partial charge on any atom is -0.462 e. The molecule has 1 atom stereocenters. The first-order valence-electron chi connectivity index (χ1n) is 10.6. The summed E-state index contributed by atoms with van der Waals surface area (Å²) in [6.45, 7) is 4.67. The first-order chi connectivity index (χ1) is 15.1. The number of carbonyl (C=O) groups excluding carboxylic acids is 2. The molecule has 2 amide bonds. The van der Waals surface area contributed by atoms with Crippen LogP contribution in [0.2, 0.25) is 0 Å². The molecule has 4 rings (SSSR count). The normalized spacial score (nSPS) is 15.2. The number of fused-ring (bicyclic) bond motifs is 1. The summed E-state index contributed by atoms with van der Waals surface area (Å²) in [5.74, 6) is -0.447. The Labute approximate surface area is 182 Å². The number of anilines is 1. The first kappa shape index (κ1) is 20.7. The zero-order chi connectivity index (χ0) is 21.8. The topological polar surface area (TPSA) is 58.6 Å². The fourth-order valence-electron chi connectivity index (χ4n) is 4.06. The highest BCUT2D eigenvalue weighted by atomic mass is 16.5. The fourth-order valence-corrected chi connectivity index (χ4v) is 4.06. The largest absolute Gasteiger partial charge is 0.462 e. The van der Waals surface area contributed by atoms with Crippen LogP contribution in [0.5, 0.6) is 0 Å². The number of hydrogen-bond donors (Lipinski definition) is 1. The number of rotatable bonds is 4. The Morgan fingerprint density at radius 2 is 1.71 bits per heavy atom. The lowest BCUT2D eigenvalue weighted by Gasteiger charge is -2.37. The summed E-state index contributed by atoms with van der Waals surface area (Å²) in [6.07, 6.45) is 0.783. The third-order valence-corrected chi connectivity index (χ3v) is 5.60. The molecule has 31 heavy (non-hydrogen) atoms. The zero-order valence-corrected chi connectivity index (χ0v) is 17.8. The number of carbonyl (C=O) groups is 2. The SMILES string of the molecule is CCOC(=O)c1ccccc1NC(=O)N1CCc2ccccc2[C@H]1c1ccc(C)cc1. The third kappa shape index (κ3) is 4.31. The number of nitrogens with one attached hydrogen (secondary N) is 1. The summed E-state index contributed by atoms with van der Waals surface area (Å²) in [7, 11) is 0. The third-order valence-electron chi connectivity index (χ3n) is 5.60. The molecule has 3 aromatic carbocycles. The lowest BCUT2D eigenvalue weighted by Crippen LogP contribution is -2.43. The van der Waals surface area contributed by atoms with E-state index in [1.165, 1.54) is 11.1 Å². The summed E-state index contributed by atoms with van der Waals surface area (Å²) >= 11 is 0. The van der Waals surface area contributed by atoms with E-state index < -0.39 is 5.97 Å². The molecule has 1 aliphatic heterocycles. The molecule has 3 aromatic rings. The molecule has 1 heterocycles. The Morgan fingerprint density at radius 3 is 2.48 bits per heavy atom. The quantitative estimate of drug-likeness (QED) is 0.586. The Hall–Kier alpha value is -3.60. The van der Waals surface area contributed by atoms with Crippen LogP contribution in [0.4, 0.5) is 10.5 Å². The maximum absolute atomic E-state index is 13.4. The van der Waals surface area contributed by atoms with Crippen molar-refractivity contribution in [3.05, 3.63) is 101 Å². The molecule has 158 valence electrons. The Kier molecular flexibility index (Phi) is 6.03. The van der Waals surface area contributed by atoms with Gasteiger partial charge in [0.2, 0.25) is 0 Å². The van der Waals surface area contributed by atoms with Gasteiger partial charge in [-0.05, 0) is 49.1 Å². The van der Waals surface area contributed by atoms with Gasteiger partial charge < -0.3 is 15.0 Å². The number of amides is 2. The van der Waals surface area contributed by atoms with Crippen molar-refractivity contribution in [2.45, 2.75) is 26.3 Å². The molecule has 5 nitrogen and oxygen atoms in total. The number of nitrogens with zero attached hydrogens (tertiary/aromatic N) is 1. The average Bonchev–Trinajstić information content (AvgIpc) is 2.79. The lowest BCUT2D eigenvalue weighted by atomic mass is 9.88. The molecule has 0 bridgehead atoms. The van der Waals surface area contributed by atoms with Gasteiger partial charge in [0, 0.05) is 6.54 Å². The van der Waals surface area contributed by atoms with Crippen LogP contribution in [0.1, 0.15) is 45.6 Å². The number of hydrogen-bond acceptors (Lipinski definition) is 3. The number of ether oxygens (including phenoxy) is 1. The second-order valence-electron chi connectivity index (χ2n) is 7.65. The Balaban J connectivity index is 1.67. The second-order valence-corrected chi connectivity index (χ2v) is 7.65. The minimum absolute atomic E-state index is 0.194. The van der Waals surface area contributed by atoms with Gasteiger partial charge in [0.05, 0.1) is 23.9 Å². The van der Waals surface area contributed by atoms with Gasteiger partial charge in [-0.2, -0.15) is 0 Å². The van der Waals surface area contributed by atoms with Crippen LogP contribution in [-0.4, -0.2) is 30.1 Å². The minimum atomic E-state index is -0.447. The van der Waals surface area contributed by atoms with Gasteiger partial charge in [-0.1, -0.05) is 66.2 Å². The summed E-state index contributed by atoms with van der Waals surface area (Å²) in [5, 5.41) is 2.95. The van der Waals surface area contributed by atoms with Crippen LogP contribution >= 0.6 is 0 Å². The van der Waals surface area contributed by atoms with Gasteiger partial charge in [0.15, 0.2) is 0 Å². The van der Waals surface area contributed by atoms with Crippen molar-refractivity contribution in [2.75, 3.05) is 18.5 Å². The molecule has 5 heteroatoms. The van der Waals surface area contributed by atoms with Gasteiger partial charge >= 0.3 is 12.0 Å². The molecular weight excluding hydrogens is 388 g/mol. The van der Waals surface area contributed by atoms with Crippen LogP contribution in [0.25, 0.3) is 0 Å².